The van der Waals surface area contributed by atoms with Crippen LogP contribution in [0.3, 0.4) is 0 Å². The SMILES string of the molecule is O=C(c1cccc(Cn2cccn2)c1)N1CCC(n2cnnc2)CC1. The lowest BCUT2D eigenvalue weighted by molar-refractivity contribution is 0.0694. The van der Waals surface area contributed by atoms with Crippen molar-refractivity contribution >= 4 is 5.91 Å². The summed E-state index contributed by atoms with van der Waals surface area (Å²) in [6.45, 7) is 2.18. The highest BCUT2D eigenvalue weighted by atomic mass is 16.2. The van der Waals surface area contributed by atoms with E-state index in [9.17, 15) is 4.79 Å². The number of hydrogen-bond acceptors (Lipinski definition) is 4. The van der Waals surface area contributed by atoms with Gasteiger partial charge in [0.1, 0.15) is 12.7 Å². The summed E-state index contributed by atoms with van der Waals surface area (Å²) in [5, 5.41) is 11.9. The maximum atomic E-state index is 12.8. The third-order valence-corrected chi connectivity index (χ3v) is 4.69. The van der Waals surface area contributed by atoms with Crippen LogP contribution in [0.25, 0.3) is 0 Å². The summed E-state index contributed by atoms with van der Waals surface area (Å²) in [5.74, 6) is 0.101. The highest BCUT2D eigenvalue weighted by Crippen LogP contribution is 2.23. The van der Waals surface area contributed by atoms with Gasteiger partial charge in [0.15, 0.2) is 0 Å². The van der Waals surface area contributed by atoms with Crippen molar-refractivity contribution in [1.82, 2.24) is 29.4 Å². The second kappa shape index (κ2) is 6.88. The van der Waals surface area contributed by atoms with Crippen molar-refractivity contribution in [2.24, 2.45) is 0 Å². The lowest BCUT2D eigenvalue weighted by Crippen LogP contribution is -2.39. The van der Waals surface area contributed by atoms with E-state index < -0.39 is 0 Å². The van der Waals surface area contributed by atoms with E-state index in [0.29, 0.717) is 12.6 Å². The molecular formula is C18H20N6O. The van der Waals surface area contributed by atoms with Crippen LogP contribution in [0, 0.1) is 0 Å². The topological polar surface area (TPSA) is 68.8 Å². The van der Waals surface area contributed by atoms with Gasteiger partial charge in [-0.1, -0.05) is 12.1 Å². The van der Waals surface area contributed by atoms with Crippen molar-refractivity contribution in [3.05, 3.63) is 66.5 Å². The molecule has 1 aliphatic rings. The number of amides is 1. The molecule has 0 saturated carbocycles. The van der Waals surface area contributed by atoms with Crippen molar-refractivity contribution in [2.45, 2.75) is 25.4 Å². The fourth-order valence-corrected chi connectivity index (χ4v) is 3.33. The van der Waals surface area contributed by atoms with E-state index in [1.165, 1.54) is 0 Å². The third kappa shape index (κ3) is 3.45. The minimum absolute atomic E-state index is 0.101. The average Bonchev–Trinajstić information content (AvgIpc) is 3.35. The largest absolute Gasteiger partial charge is 0.338 e. The lowest BCUT2D eigenvalue weighted by Gasteiger charge is -2.32. The number of likely N-dealkylation sites (tertiary alicyclic amines) is 1. The van der Waals surface area contributed by atoms with Crippen LogP contribution in [0.4, 0.5) is 0 Å². The molecule has 1 aliphatic heterocycles. The van der Waals surface area contributed by atoms with Gasteiger partial charge in [0.25, 0.3) is 5.91 Å². The minimum atomic E-state index is 0.101. The highest BCUT2D eigenvalue weighted by molar-refractivity contribution is 5.94. The number of carbonyl (C=O) groups is 1. The second-order valence-corrected chi connectivity index (χ2v) is 6.34. The number of nitrogens with zero attached hydrogens (tertiary/aromatic N) is 6. The Balaban J connectivity index is 1.41. The maximum Gasteiger partial charge on any atom is 0.253 e. The van der Waals surface area contributed by atoms with Gasteiger partial charge in [-0.2, -0.15) is 5.10 Å². The van der Waals surface area contributed by atoms with Gasteiger partial charge in [-0.3, -0.25) is 9.48 Å². The van der Waals surface area contributed by atoms with Crippen molar-refractivity contribution in [2.75, 3.05) is 13.1 Å². The van der Waals surface area contributed by atoms with Crippen LogP contribution in [-0.4, -0.2) is 48.4 Å². The predicted molar refractivity (Wildman–Crippen MR) is 92.0 cm³/mol. The molecule has 3 aromatic rings. The monoisotopic (exact) mass is 336 g/mol. The first-order valence-electron chi connectivity index (χ1n) is 8.49. The molecule has 0 atom stereocenters. The molecule has 7 heteroatoms. The predicted octanol–water partition coefficient (Wildman–Crippen LogP) is 2.00. The van der Waals surface area contributed by atoms with Crippen molar-refractivity contribution < 1.29 is 4.79 Å². The molecular weight excluding hydrogens is 316 g/mol. The zero-order valence-corrected chi connectivity index (χ0v) is 13.9. The fourth-order valence-electron chi connectivity index (χ4n) is 3.33. The molecule has 0 radical (unpaired) electrons. The minimum Gasteiger partial charge on any atom is -0.338 e. The Bertz CT molecular complexity index is 819. The third-order valence-electron chi connectivity index (χ3n) is 4.69. The molecule has 0 spiro atoms. The zero-order valence-electron chi connectivity index (χ0n) is 13.9. The Hall–Kier alpha value is -2.96. The molecule has 1 fully saturated rings. The van der Waals surface area contributed by atoms with Gasteiger partial charge in [0.05, 0.1) is 6.54 Å². The van der Waals surface area contributed by atoms with E-state index in [1.807, 2.05) is 50.7 Å². The first-order chi connectivity index (χ1) is 12.3. The molecule has 0 bridgehead atoms. The van der Waals surface area contributed by atoms with Gasteiger partial charge in [0, 0.05) is 37.1 Å². The Labute approximate surface area is 145 Å². The summed E-state index contributed by atoms with van der Waals surface area (Å²) < 4.78 is 3.89. The van der Waals surface area contributed by atoms with E-state index in [-0.39, 0.29) is 5.91 Å². The Kier molecular flexibility index (Phi) is 4.28. The van der Waals surface area contributed by atoms with E-state index in [0.717, 1.165) is 37.1 Å². The van der Waals surface area contributed by atoms with Crippen LogP contribution >= 0.6 is 0 Å². The zero-order chi connectivity index (χ0) is 17.1. The van der Waals surface area contributed by atoms with E-state index in [2.05, 4.69) is 15.3 Å². The molecule has 2 aromatic heterocycles. The quantitative estimate of drug-likeness (QED) is 0.731. The smallest absolute Gasteiger partial charge is 0.253 e. The summed E-state index contributed by atoms with van der Waals surface area (Å²) in [5.41, 5.74) is 1.82. The second-order valence-electron chi connectivity index (χ2n) is 6.34. The molecule has 1 amide bonds. The molecule has 7 nitrogen and oxygen atoms in total. The molecule has 25 heavy (non-hydrogen) atoms. The number of piperidine rings is 1. The molecule has 4 rings (SSSR count). The summed E-state index contributed by atoms with van der Waals surface area (Å²) in [4.78, 5) is 14.8. The lowest BCUT2D eigenvalue weighted by atomic mass is 10.0. The first-order valence-corrected chi connectivity index (χ1v) is 8.49. The Morgan fingerprint density at radius 2 is 1.92 bits per heavy atom. The van der Waals surface area contributed by atoms with Gasteiger partial charge in [0.2, 0.25) is 0 Å². The number of benzene rings is 1. The standard InChI is InChI=1S/C18H20N6O/c25-18(22-9-5-17(6-10-22)23-13-19-20-14-23)16-4-1-3-15(11-16)12-24-8-2-7-21-24/h1-4,7-8,11,13-14,17H,5-6,9-10,12H2. The number of aromatic nitrogens is 5. The van der Waals surface area contributed by atoms with Crippen LogP contribution in [0.15, 0.2) is 55.4 Å². The van der Waals surface area contributed by atoms with Gasteiger partial charge in [-0.05, 0) is 36.6 Å². The Morgan fingerprint density at radius 1 is 1.12 bits per heavy atom. The normalized spacial score (nSPS) is 15.4. The highest BCUT2D eigenvalue weighted by Gasteiger charge is 2.24. The van der Waals surface area contributed by atoms with Crippen LogP contribution in [-0.2, 0) is 6.54 Å². The van der Waals surface area contributed by atoms with Gasteiger partial charge in [-0.15, -0.1) is 10.2 Å². The maximum absolute atomic E-state index is 12.8. The number of carbonyl (C=O) groups excluding carboxylic acids is 1. The van der Waals surface area contributed by atoms with Crippen LogP contribution < -0.4 is 0 Å². The fraction of sp³-hybridized carbons (Fsp3) is 0.333. The average molecular weight is 336 g/mol. The molecule has 1 saturated heterocycles. The van der Waals surface area contributed by atoms with Crippen LogP contribution in [0.2, 0.25) is 0 Å². The van der Waals surface area contributed by atoms with Crippen molar-refractivity contribution in [1.29, 1.82) is 0 Å². The van der Waals surface area contributed by atoms with Crippen molar-refractivity contribution in [3.63, 3.8) is 0 Å². The van der Waals surface area contributed by atoms with Crippen LogP contribution in [0.1, 0.15) is 34.8 Å². The molecule has 3 heterocycles. The van der Waals surface area contributed by atoms with E-state index >= 15 is 0 Å². The van der Waals surface area contributed by atoms with Gasteiger partial charge < -0.3 is 9.47 Å². The molecule has 0 N–H and O–H groups in total. The summed E-state index contributed by atoms with van der Waals surface area (Å²) in [7, 11) is 0. The number of hydrogen-bond donors (Lipinski definition) is 0. The summed E-state index contributed by atoms with van der Waals surface area (Å²) in [6, 6.07) is 10.1. The molecule has 0 aliphatic carbocycles. The molecule has 0 unspecified atom stereocenters. The van der Waals surface area contributed by atoms with Crippen LogP contribution in [0.5, 0.6) is 0 Å². The summed E-state index contributed by atoms with van der Waals surface area (Å²) in [6.07, 6.45) is 9.04. The molecule has 128 valence electrons. The van der Waals surface area contributed by atoms with E-state index in [1.54, 1.807) is 18.9 Å². The number of rotatable bonds is 4. The van der Waals surface area contributed by atoms with Crippen molar-refractivity contribution in [3.8, 4) is 0 Å². The van der Waals surface area contributed by atoms with Gasteiger partial charge >= 0.3 is 0 Å². The van der Waals surface area contributed by atoms with Gasteiger partial charge in [-0.25, -0.2) is 0 Å². The van der Waals surface area contributed by atoms with E-state index in [4.69, 9.17) is 0 Å². The summed E-state index contributed by atoms with van der Waals surface area (Å²) >= 11 is 0. The molecule has 1 aromatic carbocycles. The Morgan fingerprint density at radius 3 is 2.64 bits per heavy atom. The first kappa shape index (κ1) is 15.6.